The maximum atomic E-state index is 12.8. The van der Waals surface area contributed by atoms with Crippen LogP contribution >= 0.6 is 0 Å². The highest BCUT2D eigenvalue weighted by Crippen LogP contribution is 2.22. The number of amides is 1. The largest absolute Gasteiger partial charge is 0.335 e. The molecule has 0 unspecified atom stereocenters. The summed E-state index contributed by atoms with van der Waals surface area (Å²) in [4.78, 5) is 14.6. The van der Waals surface area contributed by atoms with E-state index in [9.17, 15) is 13.2 Å². The van der Waals surface area contributed by atoms with E-state index in [4.69, 9.17) is 0 Å². The Morgan fingerprint density at radius 3 is 1.96 bits per heavy atom. The van der Waals surface area contributed by atoms with Gasteiger partial charge >= 0.3 is 0 Å². The lowest BCUT2D eigenvalue weighted by atomic mass is 10.1. The lowest BCUT2D eigenvalue weighted by molar-refractivity contribution is 0.0742. The normalized spacial score (nSPS) is 12.2. The molecule has 3 aromatic rings. The van der Waals surface area contributed by atoms with E-state index in [-0.39, 0.29) is 16.8 Å². The minimum Gasteiger partial charge on any atom is -0.335 e. The first kappa shape index (κ1) is 19.6. The highest BCUT2D eigenvalue weighted by Gasteiger charge is 2.19. The van der Waals surface area contributed by atoms with Crippen LogP contribution < -0.4 is 4.72 Å². The molecular weight excluding hydrogens is 372 g/mol. The quantitative estimate of drug-likeness (QED) is 0.677. The first-order chi connectivity index (χ1) is 13.4. The number of anilines is 1. The smallest absolute Gasteiger partial charge is 0.261 e. The molecule has 1 amide bonds. The Kier molecular flexibility index (Phi) is 5.80. The van der Waals surface area contributed by atoms with Crippen LogP contribution in [0.25, 0.3) is 0 Å². The number of hydrogen-bond donors (Lipinski definition) is 1. The third-order valence-electron chi connectivity index (χ3n) is 4.62. The van der Waals surface area contributed by atoms with E-state index in [0.29, 0.717) is 11.3 Å². The fraction of sp³-hybridized carbons (Fsp3) is 0.136. The highest BCUT2D eigenvalue weighted by atomic mass is 32.2. The number of carbonyl (C=O) groups excluding carboxylic acids is 1. The van der Waals surface area contributed by atoms with Gasteiger partial charge in [0.25, 0.3) is 15.9 Å². The zero-order chi connectivity index (χ0) is 20.1. The summed E-state index contributed by atoms with van der Waals surface area (Å²) in [5, 5.41) is 0. The van der Waals surface area contributed by atoms with Gasteiger partial charge in [-0.3, -0.25) is 9.52 Å². The molecule has 28 heavy (non-hydrogen) atoms. The van der Waals surface area contributed by atoms with Gasteiger partial charge in [-0.2, -0.15) is 0 Å². The van der Waals surface area contributed by atoms with Gasteiger partial charge in [0, 0.05) is 18.3 Å². The van der Waals surface area contributed by atoms with Crippen molar-refractivity contribution >= 4 is 21.6 Å². The van der Waals surface area contributed by atoms with Crippen LogP contribution in [0.4, 0.5) is 5.69 Å². The molecule has 0 bridgehead atoms. The van der Waals surface area contributed by atoms with Gasteiger partial charge in [0.1, 0.15) is 0 Å². The predicted octanol–water partition coefficient (Wildman–Crippen LogP) is 4.32. The highest BCUT2D eigenvalue weighted by molar-refractivity contribution is 7.92. The van der Waals surface area contributed by atoms with E-state index in [1.54, 1.807) is 54.4 Å². The van der Waals surface area contributed by atoms with Crippen molar-refractivity contribution in [3.05, 3.63) is 96.1 Å². The molecule has 1 N–H and O–H groups in total. The van der Waals surface area contributed by atoms with Crippen LogP contribution in [-0.4, -0.2) is 26.3 Å². The third-order valence-corrected chi connectivity index (χ3v) is 6.02. The van der Waals surface area contributed by atoms with Crippen LogP contribution in [0.3, 0.4) is 0 Å². The maximum absolute atomic E-state index is 12.8. The number of nitrogens with one attached hydrogen (secondary N) is 1. The Hall–Kier alpha value is -3.12. The van der Waals surface area contributed by atoms with Crippen molar-refractivity contribution in [2.45, 2.75) is 17.9 Å². The van der Waals surface area contributed by atoms with Crippen molar-refractivity contribution in [2.75, 3.05) is 11.8 Å². The molecule has 144 valence electrons. The molecule has 6 heteroatoms. The standard InChI is InChI=1S/C22H22N2O3S/c1-17(18-9-5-3-6-10-18)24(2)22(25)19-13-15-20(16-14-19)23-28(26,27)21-11-7-4-8-12-21/h3-17,23H,1-2H3/t17-/m1/s1. The van der Waals surface area contributed by atoms with Gasteiger partial charge in [-0.15, -0.1) is 0 Å². The Bertz CT molecular complexity index is 1030. The zero-order valence-electron chi connectivity index (χ0n) is 15.7. The first-order valence-electron chi connectivity index (χ1n) is 8.88. The molecule has 0 aliphatic carbocycles. The molecular formula is C22H22N2O3S. The number of nitrogens with zero attached hydrogens (tertiary/aromatic N) is 1. The lowest BCUT2D eigenvalue weighted by Gasteiger charge is -2.25. The third kappa shape index (κ3) is 4.40. The van der Waals surface area contributed by atoms with Gasteiger partial charge in [0.05, 0.1) is 10.9 Å². The molecule has 3 aromatic carbocycles. The summed E-state index contributed by atoms with van der Waals surface area (Å²) < 4.78 is 27.3. The summed E-state index contributed by atoms with van der Waals surface area (Å²) in [7, 11) is -1.90. The number of carbonyl (C=O) groups is 1. The minimum atomic E-state index is -3.66. The van der Waals surface area contributed by atoms with Gasteiger partial charge < -0.3 is 4.90 Å². The second-order valence-electron chi connectivity index (χ2n) is 6.50. The Morgan fingerprint density at radius 1 is 0.857 bits per heavy atom. The van der Waals surface area contributed by atoms with Crippen molar-refractivity contribution in [1.29, 1.82) is 0 Å². The van der Waals surface area contributed by atoms with Crippen molar-refractivity contribution in [1.82, 2.24) is 4.90 Å². The number of hydrogen-bond acceptors (Lipinski definition) is 3. The van der Waals surface area contributed by atoms with Gasteiger partial charge in [0.2, 0.25) is 0 Å². The van der Waals surface area contributed by atoms with Crippen molar-refractivity contribution in [3.8, 4) is 0 Å². The van der Waals surface area contributed by atoms with Crippen LogP contribution in [0.5, 0.6) is 0 Å². The summed E-state index contributed by atoms with van der Waals surface area (Å²) in [5.74, 6) is -0.131. The van der Waals surface area contributed by atoms with Crippen LogP contribution in [0.2, 0.25) is 0 Å². The molecule has 0 aliphatic heterocycles. The maximum Gasteiger partial charge on any atom is 0.261 e. The van der Waals surface area contributed by atoms with Crippen LogP contribution in [-0.2, 0) is 10.0 Å². The summed E-state index contributed by atoms with van der Waals surface area (Å²) in [6.07, 6.45) is 0. The van der Waals surface area contributed by atoms with Crippen LogP contribution in [0.1, 0.15) is 28.9 Å². The Labute approximate surface area is 165 Å². The van der Waals surface area contributed by atoms with Gasteiger partial charge in [0.15, 0.2) is 0 Å². The summed E-state index contributed by atoms with van der Waals surface area (Å²) in [6.45, 7) is 1.97. The molecule has 0 saturated carbocycles. The Balaban J connectivity index is 1.72. The second-order valence-corrected chi connectivity index (χ2v) is 8.18. The fourth-order valence-corrected chi connectivity index (χ4v) is 3.91. The zero-order valence-corrected chi connectivity index (χ0v) is 16.6. The summed E-state index contributed by atoms with van der Waals surface area (Å²) >= 11 is 0. The Morgan fingerprint density at radius 2 is 1.39 bits per heavy atom. The van der Waals surface area contributed by atoms with Crippen molar-refractivity contribution in [2.24, 2.45) is 0 Å². The topological polar surface area (TPSA) is 66.5 Å². The van der Waals surface area contributed by atoms with Crippen molar-refractivity contribution in [3.63, 3.8) is 0 Å². The van der Waals surface area contributed by atoms with Crippen LogP contribution in [0.15, 0.2) is 89.8 Å². The monoisotopic (exact) mass is 394 g/mol. The van der Waals surface area contributed by atoms with E-state index in [1.807, 2.05) is 37.3 Å². The van der Waals surface area contributed by atoms with E-state index in [0.717, 1.165) is 5.56 Å². The molecule has 0 aromatic heterocycles. The fourth-order valence-electron chi connectivity index (χ4n) is 2.83. The van der Waals surface area contributed by atoms with E-state index >= 15 is 0 Å². The van der Waals surface area contributed by atoms with E-state index in [2.05, 4.69) is 4.72 Å². The van der Waals surface area contributed by atoms with Crippen molar-refractivity contribution < 1.29 is 13.2 Å². The number of benzene rings is 3. The second kappa shape index (κ2) is 8.27. The summed E-state index contributed by atoms with van der Waals surface area (Å²) in [5.41, 5.74) is 1.94. The average Bonchev–Trinajstić information content (AvgIpc) is 2.74. The molecule has 0 aliphatic rings. The first-order valence-corrected chi connectivity index (χ1v) is 10.4. The van der Waals surface area contributed by atoms with Crippen LogP contribution in [0, 0.1) is 0 Å². The number of rotatable bonds is 6. The molecule has 0 heterocycles. The van der Waals surface area contributed by atoms with Gasteiger partial charge in [-0.05, 0) is 48.9 Å². The minimum absolute atomic E-state index is 0.0787. The average molecular weight is 394 g/mol. The molecule has 1 atom stereocenters. The van der Waals surface area contributed by atoms with Gasteiger partial charge in [-0.1, -0.05) is 48.5 Å². The number of sulfonamides is 1. The molecule has 5 nitrogen and oxygen atoms in total. The molecule has 3 rings (SSSR count). The molecule has 0 radical (unpaired) electrons. The predicted molar refractivity (Wildman–Crippen MR) is 111 cm³/mol. The van der Waals surface area contributed by atoms with E-state index < -0.39 is 10.0 Å². The SMILES string of the molecule is C[C@H](c1ccccc1)N(C)C(=O)c1ccc(NS(=O)(=O)c2ccccc2)cc1. The summed E-state index contributed by atoms with van der Waals surface area (Å²) in [6, 6.07) is 24.3. The van der Waals surface area contributed by atoms with Gasteiger partial charge in [-0.25, -0.2) is 8.42 Å². The lowest BCUT2D eigenvalue weighted by Crippen LogP contribution is -2.29. The molecule has 0 saturated heterocycles. The van der Waals surface area contributed by atoms with E-state index in [1.165, 1.54) is 12.1 Å². The molecule has 0 spiro atoms. The molecule has 0 fully saturated rings.